The van der Waals surface area contributed by atoms with Gasteiger partial charge in [-0.15, -0.1) is 11.6 Å². The molecule has 0 spiro atoms. The third kappa shape index (κ3) is 4.86. The summed E-state index contributed by atoms with van der Waals surface area (Å²) in [5, 5.41) is 0. The molecule has 1 aromatic rings. The molecule has 1 amide bonds. The van der Waals surface area contributed by atoms with Gasteiger partial charge in [-0.25, -0.2) is 0 Å². The third-order valence-electron chi connectivity index (χ3n) is 2.10. The minimum absolute atomic E-state index is 0.0433. The number of benzene rings is 1. The summed E-state index contributed by atoms with van der Waals surface area (Å²) >= 11 is 8.60. The molecule has 0 fully saturated rings. The molecule has 0 aliphatic heterocycles. The standard InChI is InChI=1S/C11H10BrClF3NO/c12-9-3-1-8(2-4-9)10(18)17(6-5-13)7-11(14,15)16/h1-4H,5-7H2. The van der Waals surface area contributed by atoms with Gasteiger partial charge in [0.05, 0.1) is 0 Å². The smallest absolute Gasteiger partial charge is 0.328 e. The molecular formula is C11H10BrClF3NO. The van der Waals surface area contributed by atoms with Crippen LogP contribution in [-0.2, 0) is 0 Å². The maximum absolute atomic E-state index is 12.3. The lowest BCUT2D eigenvalue weighted by Crippen LogP contribution is -2.40. The van der Waals surface area contributed by atoms with Crippen molar-refractivity contribution in [3.63, 3.8) is 0 Å². The van der Waals surface area contributed by atoms with Crippen molar-refractivity contribution in [3.05, 3.63) is 34.3 Å². The fourth-order valence-corrected chi connectivity index (χ4v) is 1.81. The van der Waals surface area contributed by atoms with Crippen LogP contribution in [0.1, 0.15) is 10.4 Å². The summed E-state index contributed by atoms with van der Waals surface area (Å²) in [5.74, 6) is -0.723. The highest BCUT2D eigenvalue weighted by molar-refractivity contribution is 9.10. The van der Waals surface area contributed by atoms with Gasteiger partial charge in [0.15, 0.2) is 0 Å². The van der Waals surface area contributed by atoms with E-state index in [0.717, 1.165) is 4.47 Å². The molecule has 0 aromatic heterocycles. The van der Waals surface area contributed by atoms with Crippen molar-refractivity contribution in [2.24, 2.45) is 0 Å². The Balaban J connectivity index is 2.85. The highest BCUT2D eigenvalue weighted by atomic mass is 79.9. The first-order chi connectivity index (χ1) is 8.33. The molecule has 7 heteroatoms. The lowest BCUT2D eigenvalue weighted by atomic mass is 10.2. The van der Waals surface area contributed by atoms with Crippen LogP contribution in [0.4, 0.5) is 13.2 Å². The highest BCUT2D eigenvalue weighted by Crippen LogP contribution is 2.19. The van der Waals surface area contributed by atoms with Gasteiger partial charge in [0, 0.05) is 22.5 Å². The minimum atomic E-state index is -4.43. The normalized spacial score (nSPS) is 11.4. The number of hydrogen-bond donors (Lipinski definition) is 0. The Labute approximate surface area is 116 Å². The van der Waals surface area contributed by atoms with Gasteiger partial charge >= 0.3 is 6.18 Å². The van der Waals surface area contributed by atoms with Crippen LogP contribution in [0.2, 0.25) is 0 Å². The van der Waals surface area contributed by atoms with Crippen LogP contribution in [0.3, 0.4) is 0 Å². The molecule has 0 aliphatic rings. The van der Waals surface area contributed by atoms with Crippen LogP contribution in [0.15, 0.2) is 28.7 Å². The van der Waals surface area contributed by atoms with Gasteiger partial charge in [-0.2, -0.15) is 13.2 Å². The number of halogens is 5. The Bertz CT molecular complexity index is 408. The molecule has 0 saturated heterocycles. The van der Waals surface area contributed by atoms with Gasteiger partial charge in [-0.05, 0) is 24.3 Å². The van der Waals surface area contributed by atoms with Gasteiger partial charge in [-0.1, -0.05) is 15.9 Å². The van der Waals surface area contributed by atoms with Crippen LogP contribution in [0, 0.1) is 0 Å². The van der Waals surface area contributed by atoms with E-state index in [1.807, 2.05) is 0 Å². The lowest BCUT2D eigenvalue weighted by molar-refractivity contribution is -0.140. The lowest BCUT2D eigenvalue weighted by Gasteiger charge is -2.23. The van der Waals surface area contributed by atoms with E-state index in [4.69, 9.17) is 11.6 Å². The van der Waals surface area contributed by atoms with Gasteiger partial charge in [-0.3, -0.25) is 4.79 Å². The number of carbonyl (C=O) groups is 1. The summed E-state index contributed by atoms with van der Waals surface area (Å²) in [6, 6.07) is 6.12. The second-order valence-electron chi connectivity index (χ2n) is 3.54. The highest BCUT2D eigenvalue weighted by Gasteiger charge is 2.33. The van der Waals surface area contributed by atoms with E-state index < -0.39 is 18.6 Å². The fourth-order valence-electron chi connectivity index (χ4n) is 1.35. The summed E-state index contributed by atoms with van der Waals surface area (Å²) in [4.78, 5) is 12.6. The van der Waals surface area contributed by atoms with Gasteiger partial charge < -0.3 is 4.90 Å². The largest absolute Gasteiger partial charge is 0.406 e. The van der Waals surface area contributed by atoms with Crippen molar-refractivity contribution in [3.8, 4) is 0 Å². The molecular weight excluding hydrogens is 334 g/mol. The Morgan fingerprint density at radius 3 is 2.28 bits per heavy atom. The van der Waals surface area contributed by atoms with E-state index in [2.05, 4.69) is 15.9 Å². The van der Waals surface area contributed by atoms with E-state index in [-0.39, 0.29) is 18.0 Å². The predicted octanol–water partition coefficient (Wildman–Crippen LogP) is 3.69. The first-order valence-electron chi connectivity index (χ1n) is 5.01. The average Bonchev–Trinajstić information content (AvgIpc) is 2.27. The monoisotopic (exact) mass is 343 g/mol. The van der Waals surface area contributed by atoms with Gasteiger partial charge in [0.1, 0.15) is 6.54 Å². The van der Waals surface area contributed by atoms with Gasteiger partial charge in [0.2, 0.25) is 0 Å². The first-order valence-corrected chi connectivity index (χ1v) is 6.34. The average molecular weight is 345 g/mol. The number of carbonyl (C=O) groups excluding carboxylic acids is 1. The fraction of sp³-hybridized carbons (Fsp3) is 0.364. The molecule has 18 heavy (non-hydrogen) atoms. The third-order valence-corrected chi connectivity index (χ3v) is 2.80. The molecule has 0 N–H and O–H groups in total. The van der Waals surface area contributed by atoms with Crippen molar-refractivity contribution >= 4 is 33.4 Å². The zero-order valence-electron chi connectivity index (χ0n) is 9.18. The second kappa shape index (κ2) is 6.43. The summed E-state index contributed by atoms with van der Waals surface area (Å²) < 4.78 is 37.7. The molecule has 0 saturated carbocycles. The number of alkyl halides is 4. The molecule has 100 valence electrons. The van der Waals surface area contributed by atoms with Crippen LogP contribution < -0.4 is 0 Å². The van der Waals surface area contributed by atoms with Crippen molar-refractivity contribution in [1.82, 2.24) is 4.90 Å². The molecule has 2 nitrogen and oxygen atoms in total. The van der Waals surface area contributed by atoms with E-state index in [1.54, 1.807) is 12.1 Å². The number of nitrogens with zero attached hydrogens (tertiary/aromatic N) is 1. The molecule has 0 radical (unpaired) electrons. The minimum Gasteiger partial charge on any atom is -0.328 e. The van der Waals surface area contributed by atoms with E-state index in [9.17, 15) is 18.0 Å². The number of rotatable bonds is 4. The van der Waals surface area contributed by atoms with Crippen LogP contribution >= 0.6 is 27.5 Å². The topological polar surface area (TPSA) is 20.3 Å². The molecule has 0 unspecified atom stereocenters. The number of hydrogen-bond acceptors (Lipinski definition) is 1. The maximum Gasteiger partial charge on any atom is 0.406 e. The SMILES string of the molecule is O=C(c1ccc(Br)cc1)N(CCCl)CC(F)(F)F. The zero-order chi connectivity index (χ0) is 13.8. The molecule has 0 heterocycles. The quantitative estimate of drug-likeness (QED) is 0.763. The summed E-state index contributed by atoms with van der Waals surface area (Å²) in [7, 11) is 0. The van der Waals surface area contributed by atoms with Gasteiger partial charge in [0.25, 0.3) is 5.91 Å². The zero-order valence-corrected chi connectivity index (χ0v) is 11.5. The summed E-state index contributed by atoms with van der Waals surface area (Å²) in [5.41, 5.74) is 0.201. The molecule has 1 aromatic carbocycles. The molecule has 0 aliphatic carbocycles. The summed E-state index contributed by atoms with van der Waals surface area (Å²) in [6.07, 6.45) is -4.43. The van der Waals surface area contributed by atoms with E-state index in [1.165, 1.54) is 12.1 Å². The molecule has 1 rings (SSSR count). The van der Waals surface area contributed by atoms with Crippen LogP contribution in [0.5, 0.6) is 0 Å². The number of amides is 1. The van der Waals surface area contributed by atoms with Crippen LogP contribution in [0.25, 0.3) is 0 Å². The Kier molecular flexibility index (Phi) is 5.47. The van der Waals surface area contributed by atoms with Crippen molar-refractivity contribution in [2.75, 3.05) is 19.0 Å². The van der Waals surface area contributed by atoms with E-state index >= 15 is 0 Å². The first kappa shape index (κ1) is 15.3. The van der Waals surface area contributed by atoms with E-state index in [0.29, 0.717) is 4.90 Å². The summed E-state index contributed by atoms with van der Waals surface area (Å²) in [6.45, 7) is -1.44. The Morgan fingerprint density at radius 2 is 1.83 bits per heavy atom. The molecule has 0 bridgehead atoms. The molecule has 0 atom stereocenters. The van der Waals surface area contributed by atoms with Crippen molar-refractivity contribution < 1.29 is 18.0 Å². The van der Waals surface area contributed by atoms with Crippen molar-refractivity contribution in [2.45, 2.75) is 6.18 Å². The Hall–Kier alpha value is -0.750. The Morgan fingerprint density at radius 1 is 1.28 bits per heavy atom. The van der Waals surface area contributed by atoms with Crippen molar-refractivity contribution in [1.29, 1.82) is 0 Å². The van der Waals surface area contributed by atoms with Crippen LogP contribution in [-0.4, -0.2) is 36.0 Å². The second-order valence-corrected chi connectivity index (χ2v) is 4.83. The maximum atomic E-state index is 12.3. The predicted molar refractivity (Wildman–Crippen MR) is 66.8 cm³/mol.